The minimum Gasteiger partial charge on any atom is -0.478 e. The minimum atomic E-state index is -0.845. The molecular formula is C9H14Cl4O2Ti. The van der Waals surface area contributed by atoms with Crippen LogP contribution in [0.4, 0.5) is 0 Å². The van der Waals surface area contributed by atoms with Crippen LogP contribution in [0.25, 0.3) is 0 Å². The van der Waals surface area contributed by atoms with Crippen molar-refractivity contribution in [1.29, 1.82) is 0 Å². The molecule has 0 radical (unpaired) electrons. The number of aromatic carboxylic acids is 1. The van der Waals surface area contributed by atoms with Crippen molar-refractivity contribution in [1.82, 2.24) is 0 Å². The number of hydrogen-bond donors (Lipinski definition) is 1. The van der Waals surface area contributed by atoms with E-state index in [4.69, 9.17) is 5.11 Å². The zero-order valence-corrected chi connectivity index (χ0v) is 13.3. The van der Waals surface area contributed by atoms with Crippen LogP contribution < -0.4 is 0 Å². The van der Waals surface area contributed by atoms with Crippen molar-refractivity contribution in [3.05, 3.63) is 35.4 Å². The van der Waals surface area contributed by atoms with E-state index < -0.39 is 5.97 Å². The number of carboxylic acid groups (broad SMARTS) is 1. The average molecular weight is 344 g/mol. The zero-order valence-electron chi connectivity index (χ0n) is 8.50. The standard InChI is InChI=1S/C9H10O2.4ClH.Ti/c1-2-7-5-3-4-6-8(7)9(10)11;;;;;/h3-6H,2H2,1H3,(H,10,11);4*1H;. The van der Waals surface area contributed by atoms with Gasteiger partial charge in [-0.25, -0.2) is 4.79 Å². The van der Waals surface area contributed by atoms with E-state index in [0.29, 0.717) is 5.56 Å². The Hall–Kier alpha value is 0.564. The van der Waals surface area contributed by atoms with E-state index in [9.17, 15) is 4.79 Å². The summed E-state index contributed by atoms with van der Waals surface area (Å²) in [6.07, 6.45) is 0.766. The van der Waals surface area contributed by atoms with Crippen LogP contribution in [0.5, 0.6) is 0 Å². The molecule has 0 aromatic heterocycles. The molecule has 0 aliphatic rings. The fraction of sp³-hybridized carbons (Fsp3) is 0.222. The largest absolute Gasteiger partial charge is 0.478 e. The van der Waals surface area contributed by atoms with Crippen LogP contribution in [-0.4, -0.2) is 11.1 Å². The summed E-state index contributed by atoms with van der Waals surface area (Å²) in [5.41, 5.74) is 1.30. The SMILES string of the molecule is CCc1ccccc1C(=O)O.Cl.Cl.Cl.Cl.[Ti]. The summed E-state index contributed by atoms with van der Waals surface area (Å²) in [6, 6.07) is 7.05. The molecule has 0 heterocycles. The Morgan fingerprint density at radius 1 is 1.12 bits per heavy atom. The summed E-state index contributed by atoms with van der Waals surface area (Å²) >= 11 is 0. The Morgan fingerprint density at radius 3 is 1.88 bits per heavy atom. The van der Waals surface area contributed by atoms with E-state index in [-0.39, 0.29) is 71.3 Å². The van der Waals surface area contributed by atoms with Gasteiger partial charge in [-0.2, -0.15) is 0 Å². The molecule has 1 aromatic carbocycles. The summed E-state index contributed by atoms with van der Waals surface area (Å²) in [5, 5.41) is 8.70. The van der Waals surface area contributed by atoms with Gasteiger partial charge in [0.1, 0.15) is 0 Å². The molecule has 0 unspecified atom stereocenters. The number of aryl methyl sites for hydroxylation is 1. The van der Waals surface area contributed by atoms with E-state index in [2.05, 4.69) is 0 Å². The van der Waals surface area contributed by atoms with Crippen molar-refractivity contribution in [3.63, 3.8) is 0 Å². The fourth-order valence-electron chi connectivity index (χ4n) is 1.04. The third-order valence-electron chi connectivity index (χ3n) is 1.63. The fourth-order valence-corrected chi connectivity index (χ4v) is 1.04. The molecule has 2 nitrogen and oxygen atoms in total. The Labute approximate surface area is 135 Å². The maximum absolute atomic E-state index is 10.6. The van der Waals surface area contributed by atoms with E-state index in [1.807, 2.05) is 19.1 Å². The van der Waals surface area contributed by atoms with Crippen LogP contribution in [0.3, 0.4) is 0 Å². The van der Waals surface area contributed by atoms with Crippen LogP contribution in [0, 0.1) is 0 Å². The second-order valence-electron chi connectivity index (χ2n) is 2.32. The molecule has 0 saturated carbocycles. The molecule has 0 fully saturated rings. The molecule has 1 rings (SSSR count). The van der Waals surface area contributed by atoms with Crippen molar-refractivity contribution in [2.45, 2.75) is 13.3 Å². The second-order valence-corrected chi connectivity index (χ2v) is 2.32. The van der Waals surface area contributed by atoms with Crippen molar-refractivity contribution < 1.29 is 31.6 Å². The van der Waals surface area contributed by atoms with Crippen molar-refractivity contribution in [2.24, 2.45) is 0 Å². The Morgan fingerprint density at radius 2 is 1.56 bits per heavy atom. The van der Waals surface area contributed by atoms with Crippen LogP contribution in [0.2, 0.25) is 0 Å². The molecule has 94 valence electrons. The predicted octanol–water partition coefficient (Wildman–Crippen LogP) is 3.63. The number of rotatable bonds is 2. The quantitative estimate of drug-likeness (QED) is 0.832. The molecule has 1 aromatic rings. The minimum absolute atomic E-state index is 0. The maximum Gasteiger partial charge on any atom is 0.335 e. The van der Waals surface area contributed by atoms with Gasteiger partial charge in [0.25, 0.3) is 0 Å². The number of carbonyl (C=O) groups is 1. The molecular weight excluding hydrogens is 330 g/mol. The first kappa shape index (κ1) is 30.0. The average Bonchev–Trinajstić information content (AvgIpc) is 2.04. The zero-order chi connectivity index (χ0) is 8.27. The van der Waals surface area contributed by atoms with Crippen molar-refractivity contribution in [3.8, 4) is 0 Å². The summed E-state index contributed by atoms with van der Waals surface area (Å²) in [4.78, 5) is 10.6. The normalized spacial score (nSPS) is 6.56. The number of hydrogen-bond acceptors (Lipinski definition) is 1. The van der Waals surface area contributed by atoms with E-state index >= 15 is 0 Å². The number of carboxylic acids is 1. The Kier molecular flexibility index (Phi) is 29.2. The number of benzene rings is 1. The van der Waals surface area contributed by atoms with E-state index in [0.717, 1.165) is 12.0 Å². The van der Waals surface area contributed by atoms with Gasteiger partial charge in [-0.3, -0.25) is 0 Å². The van der Waals surface area contributed by atoms with Crippen LogP contribution in [0.15, 0.2) is 24.3 Å². The smallest absolute Gasteiger partial charge is 0.335 e. The summed E-state index contributed by atoms with van der Waals surface area (Å²) < 4.78 is 0. The Balaban J connectivity index is -0.0000000807. The summed E-state index contributed by atoms with van der Waals surface area (Å²) in [7, 11) is 0. The topological polar surface area (TPSA) is 37.3 Å². The number of halogens is 4. The molecule has 0 amide bonds. The van der Waals surface area contributed by atoms with Crippen molar-refractivity contribution >= 4 is 55.6 Å². The van der Waals surface area contributed by atoms with E-state index in [1.54, 1.807) is 12.1 Å². The molecule has 7 heteroatoms. The molecule has 0 spiro atoms. The van der Waals surface area contributed by atoms with Crippen LogP contribution in [0.1, 0.15) is 22.8 Å². The Bertz CT molecular complexity index is 284. The third kappa shape index (κ3) is 8.69. The maximum atomic E-state index is 10.6. The molecule has 16 heavy (non-hydrogen) atoms. The van der Waals surface area contributed by atoms with Gasteiger partial charge in [0, 0.05) is 21.7 Å². The monoisotopic (exact) mass is 342 g/mol. The van der Waals surface area contributed by atoms with Crippen LogP contribution >= 0.6 is 49.6 Å². The first-order valence-electron chi connectivity index (χ1n) is 3.57. The van der Waals surface area contributed by atoms with Crippen LogP contribution in [-0.2, 0) is 28.1 Å². The second kappa shape index (κ2) is 15.6. The molecule has 0 bridgehead atoms. The van der Waals surface area contributed by atoms with Gasteiger partial charge in [-0.1, -0.05) is 25.1 Å². The van der Waals surface area contributed by atoms with Gasteiger partial charge < -0.3 is 5.11 Å². The first-order chi connectivity index (χ1) is 5.25. The molecule has 0 aliphatic heterocycles. The van der Waals surface area contributed by atoms with Crippen molar-refractivity contribution in [2.75, 3.05) is 0 Å². The molecule has 0 saturated heterocycles. The first-order valence-corrected chi connectivity index (χ1v) is 3.57. The van der Waals surface area contributed by atoms with Gasteiger partial charge >= 0.3 is 5.97 Å². The summed E-state index contributed by atoms with van der Waals surface area (Å²) in [6.45, 7) is 1.95. The molecule has 0 atom stereocenters. The summed E-state index contributed by atoms with van der Waals surface area (Å²) in [5.74, 6) is -0.845. The van der Waals surface area contributed by atoms with Gasteiger partial charge in [0.15, 0.2) is 0 Å². The van der Waals surface area contributed by atoms with Gasteiger partial charge in [0.05, 0.1) is 5.56 Å². The molecule has 1 N–H and O–H groups in total. The predicted molar refractivity (Wildman–Crippen MR) is 71.8 cm³/mol. The van der Waals surface area contributed by atoms with Gasteiger partial charge in [-0.15, -0.1) is 49.6 Å². The van der Waals surface area contributed by atoms with E-state index in [1.165, 1.54) is 0 Å². The third-order valence-corrected chi connectivity index (χ3v) is 1.63. The molecule has 0 aliphatic carbocycles. The van der Waals surface area contributed by atoms with Gasteiger partial charge in [0.2, 0.25) is 0 Å². The van der Waals surface area contributed by atoms with Gasteiger partial charge in [-0.05, 0) is 18.1 Å².